The summed E-state index contributed by atoms with van der Waals surface area (Å²) in [6.45, 7) is 5.95. The molecule has 0 saturated heterocycles. The SMILES string of the molecule is CCCOCCOCCOCCCNC(=O)/C=C\C(=O)O. The summed E-state index contributed by atoms with van der Waals surface area (Å²) in [5, 5.41) is 10.9. The Balaban J connectivity index is 3.19. The number of rotatable bonds is 14. The van der Waals surface area contributed by atoms with Crippen molar-refractivity contribution in [2.24, 2.45) is 0 Å². The molecule has 0 atom stereocenters. The number of carboxylic acids is 1. The second-order valence-corrected chi connectivity index (χ2v) is 4.15. The second-order valence-electron chi connectivity index (χ2n) is 4.15. The maximum Gasteiger partial charge on any atom is 0.328 e. The highest BCUT2D eigenvalue weighted by molar-refractivity contribution is 5.93. The van der Waals surface area contributed by atoms with Gasteiger partial charge in [0.15, 0.2) is 0 Å². The Labute approximate surface area is 125 Å². The predicted molar refractivity (Wildman–Crippen MR) is 77.2 cm³/mol. The van der Waals surface area contributed by atoms with Gasteiger partial charge in [-0.1, -0.05) is 6.92 Å². The fraction of sp³-hybridized carbons (Fsp3) is 0.714. The molecule has 0 aliphatic carbocycles. The normalized spacial score (nSPS) is 10.9. The van der Waals surface area contributed by atoms with Gasteiger partial charge in [0, 0.05) is 31.9 Å². The fourth-order valence-electron chi connectivity index (χ4n) is 1.28. The van der Waals surface area contributed by atoms with Crippen molar-refractivity contribution in [3.8, 4) is 0 Å². The molecule has 0 fully saturated rings. The molecular formula is C14H25NO6. The van der Waals surface area contributed by atoms with Crippen molar-refractivity contribution in [3.63, 3.8) is 0 Å². The van der Waals surface area contributed by atoms with Gasteiger partial charge in [-0.3, -0.25) is 4.79 Å². The monoisotopic (exact) mass is 303 g/mol. The highest BCUT2D eigenvalue weighted by atomic mass is 16.5. The number of aliphatic carboxylic acids is 1. The molecule has 0 aromatic heterocycles. The third-order valence-corrected chi connectivity index (χ3v) is 2.23. The van der Waals surface area contributed by atoms with Crippen molar-refractivity contribution >= 4 is 11.9 Å². The van der Waals surface area contributed by atoms with Gasteiger partial charge in [-0.05, 0) is 12.8 Å². The Kier molecular flexibility index (Phi) is 13.9. The molecule has 2 N–H and O–H groups in total. The minimum Gasteiger partial charge on any atom is -0.478 e. The Bertz CT molecular complexity index is 306. The smallest absolute Gasteiger partial charge is 0.328 e. The lowest BCUT2D eigenvalue weighted by molar-refractivity contribution is -0.131. The number of amides is 1. The molecule has 0 rings (SSSR count). The Hall–Kier alpha value is -1.44. The molecule has 7 heteroatoms. The van der Waals surface area contributed by atoms with Crippen LogP contribution in [0.1, 0.15) is 19.8 Å². The molecule has 0 aromatic carbocycles. The molecule has 0 bridgehead atoms. The molecule has 0 aliphatic heterocycles. The summed E-state index contributed by atoms with van der Waals surface area (Å²) in [6.07, 6.45) is 3.45. The number of nitrogens with one attached hydrogen (secondary N) is 1. The topological polar surface area (TPSA) is 94.1 Å². The van der Waals surface area contributed by atoms with E-state index in [-0.39, 0.29) is 0 Å². The standard InChI is InChI=1S/C14H25NO6/c1-2-7-19-9-11-21-12-10-20-8-3-6-15-13(16)4-5-14(17)18/h4-5H,2-3,6-12H2,1H3,(H,15,16)(H,17,18)/b5-4-. The van der Waals surface area contributed by atoms with Crippen molar-refractivity contribution in [3.05, 3.63) is 12.2 Å². The first-order chi connectivity index (χ1) is 10.2. The average Bonchev–Trinajstić information content (AvgIpc) is 2.46. The van der Waals surface area contributed by atoms with E-state index in [4.69, 9.17) is 19.3 Å². The quantitative estimate of drug-likeness (QED) is 0.360. The summed E-state index contributed by atoms with van der Waals surface area (Å²) >= 11 is 0. The predicted octanol–water partition coefficient (Wildman–Crippen LogP) is 0.593. The van der Waals surface area contributed by atoms with Crippen LogP contribution in [0, 0.1) is 0 Å². The molecule has 0 aromatic rings. The number of carbonyl (C=O) groups is 2. The van der Waals surface area contributed by atoms with E-state index in [0.29, 0.717) is 46.0 Å². The first-order valence-electron chi connectivity index (χ1n) is 7.09. The first kappa shape index (κ1) is 19.6. The van der Waals surface area contributed by atoms with Gasteiger partial charge in [0.2, 0.25) is 5.91 Å². The van der Waals surface area contributed by atoms with Gasteiger partial charge in [0.05, 0.1) is 26.4 Å². The summed E-state index contributed by atoms with van der Waals surface area (Å²) < 4.78 is 15.9. The number of hydrogen-bond acceptors (Lipinski definition) is 5. The van der Waals surface area contributed by atoms with Gasteiger partial charge in [0.25, 0.3) is 0 Å². The number of ether oxygens (including phenoxy) is 3. The lowest BCUT2D eigenvalue weighted by Crippen LogP contribution is -2.23. The van der Waals surface area contributed by atoms with E-state index in [9.17, 15) is 9.59 Å². The van der Waals surface area contributed by atoms with Crippen molar-refractivity contribution in [2.75, 3.05) is 46.2 Å². The zero-order valence-corrected chi connectivity index (χ0v) is 12.5. The van der Waals surface area contributed by atoms with Crippen molar-refractivity contribution in [1.29, 1.82) is 0 Å². The van der Waals surface area contributed by atoms with Crippen LogP contribution < -0.4 is 5.32 Å². The summed E-state index contributed by atoms with van der Waals surface area (Å²) in [7, 11) is 0. The maximum atomic E-state index is 11.1. The van der Waals surface area contributed by atoms with E-state index in [1.54, 1.807) is 0 Å². The molecule has 1 amide bonds. The van der Waals surface area contributed by atoms with Gasteiger partial charge >= 0.3 is 5.97 Å². The summed E-state index contributed by atoms with van der Waals surface area (Å²) in [5.74, 6) is -1.57. The van der Waals surface area contributed by atoms with E-state index in [1.807, 2.05) is 0 Å². The Morgan fingerprint density at radius 1 is 0.952 bits per heavy atom. The second kappa shape index (κ2) is 15.0. The first-order valence-corrected chi connectivity index (χ1v) is 7.09. The van der Waals surface area contributed by atoms with Crippen LogP contribution >= 0.6 is 0 Å². The zero-order chi connectivity index (χ0) is 15.8. The zero-order valence-electron chi connectivity index (χ0n) is 12.5. The van der Waals surface area contributed by atoms with Crippen LogP contribution in [0.25, 0.3) is 0 Å². The van der Waals surface area contributed by atoms with Gasteiger partial charge in [-0.15, -0.1) is 0 Å². The van der Waals surface area contributed by atoms with Crippen LogP contribution in [0.3, 0.4) is 0 Å². The van der Waals surface area contributed by atoms with Crippen molar-refractivity contribution in [2.45, 2.75) is 19.8 Å². The largest absolute Gasteiger partial charge is 0.478 e. The number of carbonyl (C=O) groups excluding carboxylic acids is 1. The van der Waals surface area contributed by atoms with E-state index < -0.39 is 11.9 Å². The molecule has 21 heavy (non-hydrogen) atoms. The van der Waals surface area contributed by atoms with Gasteiger partial charge < -0.3 is 24.6 Å². The molecular weight excluding hydrogens is 278 g/mol. The van der Waals surface area contributed by atoms with Crippen molar-refractivity contribution < 1.29 is 28.9 Å². The van der Waals surface area contributed by atoms with Crippen LogP contribution in [0.15, 0.2) is 12.2 Å². The maximum absolute atomic E-state index is 11.1. The van der Waals surface area contributed by atoms with Crippen LogP contribution in [-0.2, 0) is 23.8 Å². The molecule has 122 valence electrons. The Morgan fingerprint density at radius 3 is 2.10 bits per heavy atom. The molecule has 0 heterocycles. The van der Waals surface area contributed by atoms with Crippen LogP contribution in [0.2, 0.25) is 0 Å². The van der Waals surface area contributed by atoms with Gasteiger partial charge in [-0.2, -0.15) is 0 Å². The van der Waals surface area contributed by atoms with Crippen LogP contribution in [0.4, 0.5) is 0 Å². The minimum absolute atomic E-state index is 0.423. The average molecular weight is 303 g/mol. The van der Waals surface area contributed by atoms with E-state index in [0.717, 1.165) is 25.2 Å². The summed E-state index contributed by atoms with van der Waals surface area (Å²) in [4.78, 5) is 21.3. The van der Waals surface area contributed by atoms with E-state index in [1.165, 1.54) is 0 Å². The lowest BCUT2D eigenvalue weighted by Gasteiger charge is -2.06. The lowest BCUT2D eigenvalue weighted by atomic mass is 10.4. The number of carboxylic acid groups (broad SMARTS) is 1. The summed E-state index contributed by atoms with van der Waals surface area (Å²) in [5.41, 5.74) is 0. The minimum atomic E-state index is -1.14. The molecule has 0 spiro atoms. The highest BCUT2D eigenvalue weighted by Crippen LogP contribution is 1.85. The van der Waals surface area contributed by atoms with Crippen LogP contribution in [-0.4, -0.2) is 63.2 Å². The Morgan fingerprint density at radius 2 is 1.52 bits per heavy atom. The summed E-state index contributed by atoms with van der Waals surface area (Å²) in [6, 6.07) is 0. The fourth-order valence-corrected chi connectivity index (χ4v) is 1.28. The molecule has 0 unspecified atom stereocenters. The van der Waals surface area contributed by atoms with Gasteiger partial charge in [0.1, 0.15) is 0 Å². The van der Waals surface area contributed by atoms with E-state index in [2.05, 4.69) is 12.2 Å². The number of hydrogen-bond donors (Lipinski definition) is 2. The third-order valence-electron chi connectivity index (χ3n) is 2.23. The molecule has 0 aliphatic rings. The third kappa shape index (κ3) is 16.5. The van der Waals surface area contributed by atoms with Crippen LogP contribution in [0.5, 0.6) is 0 Å². The molecule has 7 nitrogen and oxygen atoms in total. The highest BCUT2D eigenvalue weighted by Gasteiger charge is 1.96. The molecule has 0 saturated carbocycles. The van der Waals surface area contributed by atoms with Crippen molar-refractivity contribution in [1.82, 2.24) is 5.32 Å². The molecule has 0 radical (unpaired) electrons. The van der Waals surface area contributed by atoms with E-state index >= 15 is 0 Å². The van der Waals surface area contributed by atoms with Gasteiger partial charge in [-0.25, -0.2) is 4.79 Å².